The van der Waals surface area contributed by atoms with Gasteiger partial charge in [0.2, 0.25) is 0 Å². The lowest BCUT2D eigenvalue weighted by Crippen LogP contribution is -2.63. The van der Waals surface area contributed by atoms with Crippen molar-refractivity contribution in [1.82, 2.24) is 16.0 Å². The van der Waals surface area contributed by atoms with Gasteiger partial charge >= 0.3 is 6.03 Å². The van der Waals surface area contributed by atoms with Gasteiger partial charge in [0.1, 0.15) is 6.29 Å². The second kappa shape index (κ2) is 7.66. The van der Waals surface area contributed by atoms with Crippen LogP contribution >= 0.6 is 11.6 Å². The summed E-state index contributed by atoms with van der Waals surface area (Å²) < 4.78 is 0. The smallest absolute Gasteiger partial charge is 0.310 e. The van der Waals surface area contributed by atoms with Gasteiger partial charge in [0, 0.05) is 11.7 Å². The van der Waals surface area contributed by atoms with Gasteiger partial charge < -0.3 is 10.6 Å². The number of hydrogen-bond donors (Lipinski definition) is 4. The Labute approximate surface area is 146 Å². The molecule has 1 saturated heterocycles. The number of urea groups is 1. The topological polar surface area (TPSA) is 65.2 Å². The monoisotopic (exact) mass is 344 g/mol. The highest BCUT2D eigenvalue weighted by atomic mass is 35.5. The number of nitrogens with one attached hydrogen (secondary N) is 4. The van der Waals surface area contributed by atoms with Crippen LogP contribution in [0.5, 0.6) is 0 Å². The lowest BCUT2D eigenvalue weighted by molar-refractivity contribution is 0.225. The number of alkyl halides is 1. The van der Waals surface area contributed by atoms with E-state index in [0.29, 0.717) is 0 Å². The van der Waals surface area contributed by atoms with Crippen molar-refractivity contribution in [3.8, 4) is 11.1 Å². The molecule has 3 atom stereocenters. The summed E-state index contributed by atoms with van der Waals surface area (Å²) in [6, 6.07) is 17.8. The average molecular weight is 345 g/mol. The zero-order valence-electron chi connectivity index (χ0n) is 13.4. The number of benzene rings is 2. The quantitative estimate of drug-likeness (QED) is 0.510. The summed E-state index contributed by atoms with van der Waals surface area (Å²) in [5.41, 5.74) is 2.83. The molecule has 4 N–H and O–H groups in total. The van der Waals surface area contributed by atoms with Gasteiger partial charge in [-0.2, -0.15) is 0 Å². The van der Waals surface area contributed by atoms with Crippen LogP contribution in [0.4, 0.5) is 10.5 Å². The maximum atomic E-state index is 12.1. The summed E-state index contributed by atoms with van der Waals surface area (Å²) in [6.45, 7) is 2.03. The molecule has 3 rings (SSSR count). The molecule has 1 aliphatic heterocycles. The van der Waals surface area contributed by atoms with Crippen molar-refractivity contribution in [1.29, 1.82) is 0 Å². The van der Waals surface area contributed by atoms with Crippen LogP contribution in [-0.4, -0.2) is 23.9 Å². The minimum Gasteiger partial charge on any atom is -0.310 e. The number of amides is 2. The number of carbonyl (C=O) groups is 1. The van der Waals surface area contributed by atoms with E-state index in [-0.39, 0.29) is 23.9 Å². The van der Waals surface area contributed by atoms with Crippen LogP contribution in [0.1, 0.15) is 13.3 Å². The molecule has 24 heavy (non-hydrogen) atoms. The zero-order chi connectivity index (χ0) is 16.9. The molecule has 126 valence electrons. The van der Waals surface area contributed by atoms with Gasteiger partial charge in [-0.1, -0.05) is 42.5 Å². The molecule has 3 unspecified atom stereocenters. The minimum absolute atomic E-state index is 0.156. The van der Waals surface area contributed by atoms with Gasteiger partial charge in [-0.3, -0.25) is 10.6 Å². The summed E-state index contributed by atoms with van der Waals surface area (Å²) in [7, 11) is 0. The molecule has 2 aromatic rings. The first kappa shape index (κ1) is 16.8. The first-order valence-electron chi connectivity index (χ1n) is 7.99. The fourth-order valence-electron chi connectivity index (χ4n) is 2.72. The lowest BCUT2D eigenvalue weighted by Gasteiger charge is -2.33. The lowest BCUT2D eigenvalue weighted by atomic mass is 10.1. The van der Waals surface area contributed by atoms with Crippen LogP contribution in [0, 0.1) is 0 Å². The molecule has 0 aromatic heterocycles. The van der Waals surface area contributed by atoms with E-state index in [9.17, 15) is 4.79 Å². The van der Waals surface area contributed by atoms with Gasteiger partial charge in [0.05, 0.1) is 5.50 Å². The SMILES string of the molecule is CC1CC(Cl)NC(NC(=O)Nc2ccc(-c3ccccc3)cc2)N1. The van der Waals surface area contributed by atoms with Crippen molar-refractivity contribution in [2.24, 2.45) is 0 Å². The number of halogens is 1. The Balaban J connectivity index is 1.57. The van der Waals surface area contributed by atoms with Crippen LogP contribution < -0.4 is 21.3 Å². The number of rotatable bonds is 3. The van der Waals surface area contributed by atoms with E-state index in [4.69, 9.17) is 11.6 Å². The van der Waals surface area contributed by atoms with Gasteiger partial charge in [-0.15, -0.1) is 11.6 Å². The van der Waals surface area contributed by atoms with Crippen LogP contribution in [0.25, 0.3) is 11.1 Å². The van der Waals surface area contributed by atoms with Crippen molar-refractivity contribution in [2.45, 2.75) is 31.2 Å². The highest BCUT2D eigenvalue weighted by Crippen LogP contribution is 2.20. The molecule has 1 aliphatic rings. The van der Waals surface area contributed by atoms with E-state index >= 15 is 0 Å². The molecular weight excluding hydrogens is 324 g/mol. The predicted molar refractivity (Wildman–Crippen MR) is 97.8 cm³/mol. The Kier molecular flexibility index (Phi) is 5.35. The van der Waals surface area contributed by atoms with Gasteiger partial charge in [-0.25, -0.2) is 4.79 Å². The Morgan fingerprint density at radius 3 is 2.38 bits per heavy atom. The minimum atomic E-state index is -0.347. The van der Waals surface area contributed by atoms with Crippen LogP contribution in [-0.2, 0) is 0 Å². The molecule has 0 bridgehead atoms. The van der Waals surface area contributed by atoms with E-state index in [2.05, 4.69) is 33.4 Å². The molecule has 2 amide bonds. The molecule has 2 aromatic carbocycles. The van der Waals surface area contributed by atoms with Gasteiger partial charge in [0.15, 0.2) is 0 Å². The standard InChI is InChI=1S/C18H21ClN4O/c1-12-11-16(19)22-17(20-12)23-18(24)21-15-9-7-14(8-10-15)13-5-3-2-4-6-13/h2-10,12,16-17,20,22H,11H2,1H3,(H2,21,23,24). The third kappa shape index (κ3) is 4.47. The molecule has 6 heteroatoms. The summed E-state index contributed by atoms with van der Waals surface area (Å²) in [6.07, 6.45) is 0.460. The second-order valence-electron chi connectivity index (χ2n) is 5.91. The number of carbonyl (C=O) groups excluding carboxylic acids is 1. The highest BCUT2D eigenvalue weighted by molar-refractivity contribution is 6.20. The Hall–Kier alpha value is -2.08. The first-order valence-corrected chi connectivity index (χ1v) is 8.43. The molecular formula is C18H21ClN4O. The molecule has 0 spiro atoms. The third-order valence-electron chi connectivity index (χ3n) is 3.88. The molecule has 5 nitrogen and oxygen atoms in total. The van der Waals surface area contributed by atoms with Gasteiger partial charge in [-0.05, 0) is 36.6 Å². The highest BCUT2D eigenvalue weighted by Gasteiger charge is 2.24. The maximum Gasteiger partial charge on any atom is 0.321 e. The Morgan fingerprint density at radius 2 is 1.71 bits per heavy atom. The normalized spacial score (nSPS) is 23.5. The molecule has 0 radical (unpaired) electrons. The van der Waals surface area contributed by atoms with E-state index in [0.717, 1.165) is 23.2 Å². The zero-order valence-corrected chi connectivity index (χ0v) is 14.2. The van der Waals surface area contributed by atoms with E-state index in [1.54, 1.807) is 0 Å². The fourth-order valence-corrected chi connectivity index (χ4v) is 3.11. The van der Waals surface area contributed by atoms with Crippen molar-refractivity contribution in [3.63, 3.8) is 0 Å². The maximum absolute atomic E-state index is 12.1. The number of hydrogen-bond acceptors (Lipinski definition) is 3. The van der Waals surface area contributed by atoms with Crippen LogP contribution in [0.2, 0.25) is 0 Å². The molecule has 1 heterocycles. The molecule has 0 aliphatic carbocycles. The van der Waals surface area contributed by atoms with Crippen LogP contribution in [0.3, 0.4) is 0 Å². The van der Waals surface area contributed by atoms with Gasteiger partial charge in [0.25, 0.3) is 0 Å². The second-order valence-corrected chi connectivity index (χ2v) is 6.44. The summed E-state index contributed by atoms with van der Waals surface area (Å²) >= 11 is 6.10. The van der Waals surface area contributed by atoms with Crippen molar-refractivity contribution in [3.05, 3.63) is 54.6 Å². The van der Waals surface area contributed by atoms with E-state index < -0.39 is 0 Å². The molecule has 0 saturated carbocycles. The third-order valence-corrected chi connectivity index (χ3v) is 4.19. The summed E-state index contributed by atoms with van der Waals surface area (Å²) in [5.74, 6) is 0. The van der Waals surface area contributed by atoms with E-state index in [1.165, 1.54) is 0 Å². The van der Waals surface area contributed by atoms with Crippen molar-refractivity contribution in [2.75, 3.05) is 5.32 Å². The van der Waals surface area contributed by atoms with Crippen LogP contribution in [0.15, 0.2) is 54.6 Å². The molecule has 1 fully saturated rings. The van der Waals surface area contributed by atoms with E-state index in [1.807, 2.05) is 49.4 Å². The van der Waals surface area contributed by atoms with Crippen molar-refractivity contribution >= 4 is 23.3 Å². The first-order chi connectivity index (χ1) is 11.6. The predicted octanol–water partition coefficient (Wildman–Crippen LogP) is 3.30. The van der Waals surface area contributed by atoms with Crippen molar-refractivity contribution < 1.29 is 4.79 Å². The number of anilines is 1. The summed E-state index contributed by atoms with van der Waals surface area (Å²) in [4.78, 5) is 12.1. The Bertz CT molecular complexity index is 667. The summed E-state index contributed by atoms with van der Waals surface area (Å²) in [5, 5.41) is 11.9. The Morgan fingerprint density at radius 1 is 1.04 bits per heavy atom. The largest absolute Gasteiger partial charge is 0.321 e. The fraction of sp³-hybridized carbons (Fsp3) is 0.278. The average Bonchev–Trinajstić information content (AvgIpc) is 2.55.